The molecule has 30 heavy (non-hydrogen) atoms. The minimum absolute atomic E-state index is 0.00390. The number of fused-ring (bicyclic) bond motifs is 1. The van der Waals surface area contributed by atoms with Gasteiger partial charge in [0.2, 0.25) is 0 Å². The number of amides is 1. The van der Waals surface area contributed by atoms with Crippen LogP contribution in [-0.4, -0.2) is 32.7 Å². The lowest BCUT2D eigenvalue weighted by Gasteiger charge is -2.19. The van der Waals surface area contributed by atoms with E-state index in [-0.39, 0.29) is 21.6 Å². The zero-order valence-corrected chi connectivity index (χ0v) is 19.6. The van der Waals surface area contributed by atoms with Crippen molar-refractivity contribution in [3.8, 4) is 0 Å². The van der Waals surface area contributed by atoms with Crippen LogP contribution in [0.2, 0.25) is 5.02 Å². The van der Waals surface area contributed by atoms with Crippen LogP contribution < -0.4 is 5.32 Å². The number of anilines is 1. The lowest BCUT2D eigenvalue weighted by atomic mass is 9.88. The van der Waals surface area contributed by atoms with E-state index in [2.05, 4.69) is 12.2 Å². The molecule has 0 fully saturated rings. The second-order valence-electron chi connectivity index (χ2n) is 7.88. The van der Waals surface area contributed by atoms with Crippen molar-refractivity contribution >= 4 is 49.7 Å². The average molecular weight is 470 g/mol. The van der Waals surface area contributed by atoms with Gasteiger partial charge in [-0.2, -0.15) is 0 Å². The van der Waals surface area contributed by atoms with Crippen LogP contribution in [0.5, 0.6) is 0 Å². The van der Waals surface area contributed by atoms with Gasteiger partial charge in [-0.3, -0.25) is 4.79 Å². The number of nitrogens with one attached hydrogen (secondary N) is 1. The van der Waals surface area contributed by atoms with E-state index in [1.54, 1.807) is 13.8 Å². The van der Waals surface area contributed by atoms with Gasteiger partial charge < -0.3 is 10.1 Å². The smallest absolute Gasteiger partial charge is 0.341 e. The van der Waals surface area contributed by atoms with E-state index in [1.807, 2.05) is 0 Å². The zero-order chi connectivity index (χ0) is 22.2. The predicted molar refractivity (Wildman–Crippen MR) is 119 cm³/mol. The number of rotatable bonds is 5. The van der Waals surface area contributed by atoms with Gasteiger partial charge in [0, 0.05) is 11.1 Å². The summed E-state index contributed by atoms with van der Waals surface area (Å²) in [6.07, 6.45) is 3.31. The summed E-state index contributed by atoms with van der Waals surface area (Å²) in [5.41, 5.74) is 1.34. The minimum Gasteiger partial charge on any atom is -0.459 e. The van der Waals surface area contributed by atoms with Crippen molar-refractivity contribution < 1.29 is 22.7 Å². The molecular formula is C21H24ClNO5S2. The topological polar surface area (TPSA) is 89.5 Å². The van der Waals surface area contributed by atoms with E-state index in [0.717, 1.165) is 36.0 Å². The van der Waals surface area contributed by atoms with Crippen LogP contribution >= 0.6 is 22.9 Å². The number of esters is 1. The molecule has 1 amide bonds. The normalized spacial score (nSPS) is 16.3. The summed E-state index contributed by atoms with van der Waals surface area (Å²) in [6.45, 7) is 5.70. The van der Waals surface area contributed by atoms with E-state index in [4.69, 9.17) is 16.3 Å². The molecule has 1 aliphatic carbocycles. The number of carbonyl (C=O) groups is 2. The number of carbonyl (C=O) groups excluding carboxylic acids is 2. The fourth-order valence-electron chi connectivity index (χ4n) is 3.41. The van der Waals surface area contributed by atoms with Gasteiger partial charge in [-0.25, -0.2) is 13.2 Å². The molecule has 6 nitrogen and oxygen atoms in total. The maximum atomic E-state index is 13.0. The Bertz CT molecular complexity index is 1100. The first-order valence-corrected chi connectivity index (χ1v) is 12.7. The average Bonchev–Trinajstić information content (AvgIpc) is 2.97. The van der Waals surface area contributed by atoms with Crippen LogP contribution in [0.1, 0.15) is 58.3 Å². The number of benzene rings is 1. The van der Waals surface area contributed by atoms with Crippen LogP contribution in [-0.2, 0) is 27.4 Å². The number of thiophene rings is 1. The molecule has 3 rings (SSSR count). The molecule has 0 saturated carbocycles. The van der Waals surface area contributed by atoms with Crippen molar-refractivity contribution in [2.24, 2.45) is 5.92 Å². The largest absolute Gasteiger partial charge is 0.459 e. The van der Waals surface area contributed by atoms with Gasteiger partial charge in [0.05, 0.1) is 27.1 Å². The quantitative estimate of drug-likeness (QED) is 0.638. The van der Waals surface area contributed by atoms with Crippen molar-refractivity contribution in [1.29, 1.82) is 0 Å². The zero-order valence-electron chi connectivity index (χ0n) is 17.2. The van der Waals surface area contributed by atoms with E-state index in [1.165, 1.54) is 29.5 Å². The first-order valence-electron chi connectivity index (χ1n) is 9.63. The van der Waals surface area contributed by atoms with Crippen LogP contribution in [0.4, 0.5) is 5.00 Å². The Balaban J connectivity index is 2.00. The molecular weight excluding hydrogens is 446 g/mol. The lowest BCUT2D eigenvalue weighted by Crippen LogP contribution is -2.19. The van der Waals surface area contributed by atoms with Gasteiger partial charge in [-0.1, -0.05) is 18.5 Å². The molecule has 1 N–H and O–H groups in total. The van der Waals surface area contributed by atoms with Crippen molar-refractivity contribution in [3.05, 3.63) is 44.8 Å². The molecule has 0 saturated heterocycles. The maximum Gasteiger partial charge on any atom is 0.341 e. The third kappa shape index (κ3) is 4.87. The molecule has 9 heteroatoms. The summed E-state index contributed by atoms with van der Waals surface area (Å²) in [5.74, 6) is -0.548. The van der Waals surface area contributed by atoms with Crippen LogP contribution in [0, 0.1) is 5.92 Å². The third-order valence-corrected chi connectivity index (χ3v) is 7.51. The summed E-state index contributed by atoms with van der Waals surface area (Å²) in [4.78, 5) is 26.8. The predicted octanol–water partition coefficient (Wildman–Crippen LogP) is 4.75. The third-order valence-electron chi connectivity index (χ3n) is 4.90. The molecule has 1 aliphatic rings. The fraction of sp³-hybridized carbons (Fsp3) is 0.429. The van der Waals surface area contributed by atoms with Crippen molar-refractivity contribution in [3.63, 3.8) is 0 Å². The maximum absolute atomic E-state index is 13.0. The van der Waals surface area contributed by atoms with E-state index in [0.29, 0.717) is 16.5 Å². The van der Waals surface area contributed by atoms with Gasteiger partial charge in [0.15, 0.2) is 9.84 Å². The number of ether oxygens (including phenoxy) is 1. The van der Waals surface area contributed by atoms with Gasteiger partial charge in [-0.05, 0) is 62.8 Å². The van der Waals surface area contributed by atoms with E-state index >= 15 is 0 Å². The molecule has 1 heterocycles. The van der Waals surface area contributed by atoms with Crippen molar-refractivity contribution in [1.82, 2.24) is 0 Å². The Morgan fingerprint density at radius 3 is 2.63 bits per heavy atom. The monoisotopic (exact) mass is 469 g/mol. The Morgan fingerprint density at radius 2 is 2.00 bits per heavy atom. The Hall–Kier alpha value is -1.90. The van der Waals surface area contributed by atoms with Gasteiger partial charge in [-0.15, -0.1) is 11.3 Å². The van der Waals surface area contributed by atoms with E-state index < -0.39 is 21.7 Å². The number of halogens is 1. The summed E-state index contributed by atoms with van der Waals surface area (Å²) < 4.78 is 29.1. The summed E-state index contributed by atoms with van der Waals surface area (Å²) in [6, 6.07) is 3.97. The highest BCUT2D eigenvalue weighted by Gasteiger charge is 2.30. The molecule has 1 atom stereocenters. The molecule has 2 aromatic rings. The molecule has 0 radical (unpaired) electrons. The van der Waals surface area contributed by atoms with Gasteiger partial charge in [0.25, 0.3) is 5.91 Å². The van der Waals surface area contributed by atoms with Crippen molar-refractivity contribution in [2.45, 2.75) is 51.0 Å². The van der Waals surface area contributed by atoms with E-state index in [9.17, 15) is 18.0 Å². The number of hydrogen-bond donors (Lipinski definition) is 1. The van der Waals surface area contributed by atoms with Crippen LogP contribution in [0.3, 0.4) is 0 Å². The molecule has 0 spiro atoms. The van der Waals surface area contributed by atoms with Crippen LogP contribution in [0.15, 0.2) is 23.1 Å². The lowest BCUT2D eigenvalue weighted by molar-refractivity contribution is 0.0378. The fourth-order valence-corrected chi connectivity index (χ4v) is 5.65. The Labute approximate surface area is 185 Å². The number of sulfone groups is 1. The van der Waals surface area contributed by atoms with Gasteiger partial charge >= 0.3 is 5.97 Å². The first kappa shape index (κ1) is 22.8. The summed E-state index contributed by atoms with van der Waals surface area (Å²) in [7, 11) is -3.50. The molecule has 162 valence electrons. The second-order valence-corrected chi connectivity index (χ2v) is 11.4. The summed E-state index contributed by atoms with van der Waals surface area (Å²) in [5, 5.41) is 3.31. The highest BCUT2D eigenvalue weighted by Crippen LogP contribution is 2.40. The highest BCUT2D eigenvalue weighted by atomic mass is 35.5. The highest BCUT2D eigenvalue weighted by molar-refractivity contribution is 7.90. The van der Waals surface area contributed by atoms with Gasteiger partial charge in [0.1, 0.15) is 5.00 Å². The Morgan fingerprint density at radius 1 is 1.30 bits per heavy atom. The van der Waals surface area contributed by atoms with Crippen LogP contribution in [0.25, 0.3) is 0 Å². The first-order chi connectivity index (χ1) is 14.0. The molecule has 0 bridgehead atoms. The molecule has 1 aromatic carbocycles. The molecule has 1 aromatic heterocycles. The summed E-state index contributed by atoms with van der Waals surface area (Å²) >= 11 is 7.52. The Kier molecular flexibility index (Phi) is 6.60. The minimum atomic E-state index is -3.50. The SMILES string of the molecule is CC1CCc2c(sc(NC(=O)c3cc(S(C)(=O)=O)ccc3Cl)c2C(=O)OC(C)C)C1. The second kappa shape index (κ2) is 8.69. The molecule has 0 aliphatic heterocycles. The number of hydrogen-bond acceptors (Lipinski definition) is 6. The molecule has 1 unspecified atom stereocenters. The van der Waals surface area contributed by atoms with Crippen molar-refractivity contribution in [2.75, 3.05) is 11.6 Å². The standard InChI is InChI=1S/C21H24ClNO5S2/c1-11(2)28-21(25)18-14-7-5-12(3)9-17(14)29-20(18)23-19(24)15-10-13(30(4,26)27)6-8-16(15)22/h6,8,10-12H,5,7,9H2,1-4H3,(H,23,24).